The fourth-order valence-corrected chi connectivity index (χ4v) is 2.37. The van der Waals surface area contributed by atoms with Gasteiger partial charge in [-0.1, -0.05) is 17.7 Å². The van der Waals surface area contributed by atoms with E-state index in [0.29, 0.717) is 16.5 Å². The standard InChI is InChI=1S/C12H10ClF3N4S/c1-6-8(12(14,15)16)3-2-7(10(6)13)4-18-20-11-19-9(17)5-21-11/h2-5H,17H2,1H3,(H,19,20). The number of nitrogens with zero attached hydrogens (tertiary/aromatic N) is 2. The molecule has 2 aromatic rings. The summed E-state index contributed by atoms with van der Waals surface area (Å²) >= 11 is 7.19. The van der Waals surface area contributed by atoms with Gasteiger partial charge >= 0.3 is 6.18 Å². The van der Waals surface area contributed by atoms with E-state index in [-0.39, 0.29) is 10.6 Å². The van der Waals surface area contributed by atoms with Crippen molar-refractivity contribution in [2.45, 2.75) is 13.1 Å². The zero-order valence-corrected chi connectivity index (χ0v) is 12.3. The molecular formula is C12H10ClF3N4S. The molecule has 0 aliphatic carbocycles. The maximum Gasteiger partial charge on any atom is 0.416 e. The molecule has 1 heterocycles. The first-order chi connectivity index (χ1) is 9.79. The minimum atomic E-state index is -4.43. The van der Waals surface area contributed by atoms with Crippen LogP contribution in [0.25, 0.3) is 0 Å². The molecule has 0 saturated heterocycles. The lowest BCUT2D eigenvalue weighted by atomic mass is 10.1. The SMILES string of the molecule is Cc1c(C(F)(F)F)ccc(C=NNc2nc(N)cs2)c1Cl. The molecule has 0 aliphatic heterocycles. The average molecular weight is 335 g/mol. The second-order valence-electron chi connectivity index (χ2n) is 4.09. The Balaban J connectivity index is 2.19. The molecule has 112 valence electrons. The average Bonchev–Trinajstić information content (AvgIpc) is 2.79. The quantitative estimate of drug-likeness (QED) is 0.654. The van der Waals surface area contributed by atoms with Gasteiger partial charge in [0.15, 0.2) is 0 Å². The Morgan fingerprint density at radius 2 is 2.14 bits per heavy atom. The molecule has 1 aromatic carbocycles. The summed E-state index contributed by atoms with van der Waals surface area (Å²) in [6, 6.07) is 2.24. The Morgan fingerprint density at radius 1 is 1.43 bits per heavy atom. The zero-order valence-electron chi connectivity index (χ0n) is 10.7. The number of halogens is 4. The van der Waals surface area contributed by atoms with Crippen LogP contribution in [0.5, 0.6) is 0 Å². The molecule has 3 N–H and O–H groups in total. The number of nitrogens with two attached hydrogens (primary N) is 1. The van der Waals surface area contributed by atoms with Crippen molar-refractivity contribution in [1.29, 1.82) is 0 Å². The number of hydrogen-bond acceptors (Lipinski definition) is 5. The van der Waals surface area contributed by atoms with Gasteiger partial charge in [-0.15, -0.1) is 11.3 Å². The summed E-state index contributed by atoms with van der Waals surface area (Å²) in [6.07, 6.45) is -3.10. The van der Waals surface area contributed by atoms with E-state index in [9.17, 15) is 13.2 Å². The normalized spacial score (nSPS) is 12.0. The van der Waals surface area contributed by atoms with Crippen LogP contribution in [0.15, 0.2) is 22.6 Å². The number of aromatic nitrogens is 1. The first-order valence-electron chi connectivity index (χ1n) is 5.65. The molecule has 0 fully saturated rings. The summed E-state index contributed by atoms with van der Waals surface area (Å²) in [5.41, 5.74) is 7.64. The Hall–Kier alpha value is -1.80. The summed E-state index contributed by atoms with van der Waals surface area (Å²) in [5, 5.41) is 5.99. The van der Waals surface area contributed by atoms with Crippen molar-refractivity contribution >= 4 is 40.1 Å². The summed E-state index contributed by atoms with van der Waals surface area (Å²) < 4.78 is 38.1. The van der Waals surface area contributed by atoms with Gasteiger partial charge < -0.3 is 5.73 Å². The van der Waals surface area contributed by atoms with Gasteiger partial charge in [-0.25, -0.2) is 4.98 Å². The third kappa shape index (κ3) is 3.64. The van der Waals surface area contributed by atoms with E-state index in [1.54, 1.807) is 5.38 Å². The molecule has 0 radical (unpaired) electrons. The molecule has 9 heteroatoms. The van der Waals surface area contributed by atoms with Gasteiger partial charge in [0, 0.05) is 10.9 Å². The fourth-order valence-electron chi connectivity index (χ4n) is 1.61. The molecule has 21 heavy (non-hydrogen) atoms. The van der Waals surface area contributed by atoms with Crippen molar-refractivity contribution in [1.82, 2.24) is 4.98 Å². The molecule has 0 aliphatic rings. The van der Waals surface area contributed by atoms with Crippen LogP contribution in [-0.2, 0) is 6.18 Å². The summed E-state index contributed by atoms with van der Waals surface area (Å²) in [6.45, 7) is 1.32. The maximum absolute atomic E-state index is 12.7. The van der Waals surface area contributed by atoms with Crippen molar-refractivity contribution in [3.63, 3.8) is 0 Å². The molecule has 0 unspecified atom stereocenters. The third-order valence-electron chi connectivity index (χ3n) is 2.61. The predicted octanol–water partition coefficient (Wildman–Crippen LogP) is 4.15. The van der Waals surface area contributed by atoms with Crippen molar-refractivity contribution < 1.29 is 13.2 Å². The number of nitrogens with one attached hydrogen (secondary N) is 1. The smallest absolute Gasteiger partial charge is 0.383 e. The molecule has 0 saturated carbocycles. The van der Waals surface area contributed by atoms with Crippen molar-refractivity contribution in [3.05, 3.63) is 39.2 Å². The Kier molecular flexibility index (Phi) is 4.38. The number of alkyl halides is 3. The van der Waals surface area contributed by atoms with E-state index in [4.69, 9.17) is 17.3 Å². The number of thiazole rings is 1. The number of benzene rings is 1. The van der Waals surface area contributed by atoms with Crippen molar-refractivity contribution in [2.75, 3.05) is 11.2 Å². The Labute approximate surface area is 127 Å². The van der Waals surface area contributed by atoms with Crippen LogP contribution in [0, 0.1) is 6.92 Å². The van der Waals surface area contributed by atoms with Crippen molar-refractivity contribution in [3.8, 4) is 0 Å². The lowest BCUT2D eigenvalue weighted by Gasteiger charge is -2.12. The third-order valence-corrected chi connectivity index (χ3v) is 3.87. The van der Waals surface area contributed by atoms with Gasteiger partial charge in [0.05, 0.1) is 16.8 Å². The highest BCUT2D eigenvalue weighted by molar-refractivity contribution is 7.14. The van der Waals surface area contributed by atoms with Gasteiger partial charge in [-0.05, 0) is 18.6 Å². The Morgan fingerprint density at radius 3 is 2.71 bits per heavy atom. The number of hydrogen-bond donors (Lipinski definition) is 2. The molecular weight excluding hydrogens is 325 g/mol. The number of rotatable bonds is 3. The topological polar surface area (TPSA) is 63.3 Å². The lowest BCUT2D eigenvalue weighted by molar-refractivity contribution is -0.138. The van der Waals surface area contributed by atoms with Crippen LogP contribution >= 0.6 is 22.9 Å². The second kappa shape index (κ2) is 5.90. The van der Waals surface area contributed by atoms with Crippen LogP contribution in [0.4, 0.5) is 24.1 Å². The van der Waals surface area contributed by atoms with Gasteiger partial charge in [0.2, 0.25) is 5.13 Å². The number of nitrogen functional groups attached to an aromatic ring is 1. The molecule has 0 atom stereocenters. The van der Waals surface area contributed by atoms with E-state index in [1.807, 2.05) is 0 Å². The van der Waals surface area contributed by atoms with Gasteiger partial charge in [-0.3, -0.25) is 5.43 Å². The molecule has 2 rings (SSSR count). The van der Waals surface area contributed by atoms with Crippen LogP contribution in [0.3, 0.4) is 0 Å². The number of anilines is 2. The maximum atomic E-state index is 12.7. The molecule has 0 bridgehead atoms. The number of hydrazone groups is 1. The second-order valence-corrected chi connectivity index (χ2v) is 5.32. The predicted molar refractivity (Wildman–Crippen MR) is 78.9 cm³/mol. The fraction of sp³-hybridized carbons (Fsp3) is 0.167. The van der Waals surface area contributed by atoms with E-state index < -0.39 is 11.7 Å². The molecule has 0 amide bonds. The van der Waals surface area contributed by atoms with Gasteiger partial charge in [0.1, 0.15) is 5.82 Å². The largest absolute Gasteiger partial charge is 0.416 e. The van der Waals surface area contributed by atoms with E-state index in [0.717, 1.165) is 6.07 Å². The first-order valence-corrected chi connectivity index (χ1v) is 6.91. The van der Waals surface area contributed by atoms with Crippen LogP contribution < -0.4 is 11.2 Å². The monoisotopic (exact) mass is 334 g/mol. The molecule has 1 aromatic heterocycles. The van der Waals surface area contributed by atoms with Crippen LogP contribution in [0.2, 0.25) is 5.02 Å². The van der Waals surface area contributed by atoms with Crippen molar-refractivity contribution in [2.24, 2.45) is 5.10 Å². The van der Waals surface area contributed by atoms with Gasteiger partial charge in [-0.2, -0.15) is 18.3 Å². The minimum absolute atomic E-state index is 0.00836. The van der Waals surface area contributed by atoms with E-state index in [1.165, 1.54) is 30.5 Å². The summed E-state index contributed by atoms with van der Waals surface area (Å²) in [5.74, 6) is 0.362. The van der Waals surface area contributed by atoms with E-state index >= 15 is 0 Å². The molecule has 0 spiro atoms. The highest BCUT2D eigenvalue weighted by Gasteiger charge is 2.33. The first kappa shape index (κ1) is 15.6. The zero-order chi connectivity index (χ0) is 15.6. The molecule has 4 nitrogen and oxygen atoms in total. The summed E-state index contributed by atoms with van der Waals surface area (Å²) in [4.78, 5) is 3.92. The van der Waals surface area contributed by atoms with E-state index in [2.05, 4.69) is 15.5 Å². The Bertz CT molecular complexity index is 682. The highest BCUT2D eigenvalue weighted by Crippen LogP contribution is 2.35. The van der Waals surface area contributed by atoms with Gasteiger partial charge in [0.25, 0.3) is 0 Å². The minimum Gasteiger partial charge on any atom is -0.383 e. The van der Waals surface area contributed by atoms with Crippen LogP contribution in [-0.4, -0.2) is 11.2 Å². The lowest BCUT2D eigenvalue weighted by Crippen LogP contribution is -2.08. The summed E-state index contributed by atoms with van der Waals surface area (Å²) in [7, 11) is 0. The highest BCUT2D eigenvalue weighted by atomic mass is 35.5. The van der Waals surface area contributed by atoms with Crippen LogP contribution in [0.1, 0.15) is 16.7 Å².